The third kappa shape index (κ3) is 3.88. The summed E-state index contributed by atoms with van der Waals surface area (Å²) in [5.41, 5.74) is 5.28. The number of rotatable bonds is 5. The van der Waals surface area contributed by atoms with Crippen LogP contribution in [-0.2, 0) is 4.79 Å². The third-order valence-corrected chi connectivity index (χ3v) is 3.67. The Labute approximate surface area is 90.4 Å². The first-order valence-electron chi connectivity index (χ1n) is 5.36. The van der Waals surface area contributed by atoms with Gasteiger partial charge in [-0.1, -0.05) is 0 Å². The summed E-state index contributed by atoms with van der Waals surface area (Å²) >= 11 is 1.91. The van der Waals surface area contributed by atoms with Gasteiger partial charge in [0.25, 0.3) is 0 Å². The van der Waals surface area contributed by atoms with Crippen molar-refractivity contribution >= 4 is 17.7 Å². The monoisotopic (exact) mass is 217 g/mol. The van der Waals surface area contributed by atoms with Crippen molar-refractivity contribution in [3.8, 4) is 0 Å². The second-order valence-corrected chi connectivity index (χ2v) is 5.01. The lowest BCUT2D eigenvalue weighted by molar-refractivity contribution is -0.905. The summed E-state index contributed by atoms with van der Waals surface area (Å²) in [7, 11) is 0. The summed E-state index contributed by atoms with van der Waals surface area (Å²) in [4.78, 5) is 12.6. The number of amides is 1. The first-order chi connectivity index (χ1) is 6.74. The first-order valence-corrected chi connectivity index (χ1v) is 6.75. The molecule has 0 saturated carbocycles. The minimum Gasteiger partial charge on any atom is -0.369 e. The van der Waals surface area contributed by atoms with Crippen molar-refractivity contribution in [2.24, 2.45) is 11.7 Å². The second kappa shape index (κ2) is 6.30. The van der Waals surface area contributed by atoms with Crippen LogP contribution in [0, 0.1) is 5.92 Å². The maximum Gasteiger partial charge on any atom is 0.220 e. The fraction of sp³-hybridized carbons (Fsp3) is 0.900. The fourth-order valence-electron chi connectivity index (χ4n) is 2.03. The molecule has 4 heteroatoms. The molecule has 0 radical (unpaired) electrons. The first kappa shape index (κ1) is 11.9. The Hall–Kier alpha value is -0.220. The highest BCUT2D eigenvalue weighted by molar-refractivity contribution is 7.98. The molecule has 1 saturated heterocycles. The summed E-state index contributed by atoms with van der Waals surface area (Å²) in [5.74, 6) is 1.30. The molecular formula is C10H21N2OS+. The molecule has 0 spiro atoms. The molecule has 3 N–H and O–H groups in total. The van der Waals surface area contributed by atoms with Crippen molar-refractivity contribution < 1.29 is 9.69 Å². The van der Waals surface area contributed by atoms with E-state index in [2.05, 4.69) is 6.26 Å². The average Bonchev–Trinajstić information content (AvgIpc) is 2.19. The van der Waals surface area contributed by atoms with Gasteiger partial charge < -0.3 is 10.6 Å². The Kier molecular flexibility index (Phi) is 5.33. The molecular weight excluding hydrogens is 196 g/mol. The molecule has 1 aliphatic rings. The van der Waals surface area contributed by atoms with Crippen LogP contribution in [0.5, 0.6) is 0 Å². The van der Waals surface area contributed by atoms with Gasteiger partial charge in [-0.3, -0.25) is 4.79 Å². The van der Waals surface area contributed by atoms with Crippen molar-refractivity contribution in [2.75, 3.05) is 31.6 Å². The zero-order valence-corrected chi connectivity index (χ0v) is 9.74. The van der Waals surface area contributed by atoms with Crippen molar-refractivity contribution in [1.82, 2.24) is 0 Å². The van der Waals surface area contributed by atoms with E-state index in [1.165, 1.54) is 18.7 Å². The molecule has 14 heavy (non-hydrogen) atoms. The van der Waals surface area contributed by atoms with E-state index in [0.29, 0.717) is 0 Å². The van der Waals surface area contributed by atoms with Crippen LogP contribution >= 0.6 is 11.8 Å². The number of hydrogen-bond donors (Lipinski definition) is 2. The van der Waals surface area contributed by atoms with Gasteiger partial charge in [-0.05, 0) is 12.0 Å². The van der Waals surface area contributed by atoms with Gasteiger partial charge in [0.15, 0.2) is 0 Å². The lowest BCUT2D eigenvalue weighted by atomic mass is 9.96. The van der Waals surface area contributed by atoms with Crippen molar-refractivity contribution in [2.45, 2.75) is 19.3 Å². The SMILES string of the molecule is CSCCC[NH+]1CCC(C(N)=O)CC1. The quantitative estimate of drug-likeness (QED) is 0.611. The van der Waals surface area contributed by atoms with E-state index >= 15 is 0 Å². The standard InChI is InChI=1S/C10H20N2OS/c1-14-8-2-5-12-6-3-9(4-7-12)10(11)13/h9H,2-8H2,1H3,(H2,11,13)/p+1. The van der Waals surface area contributed by atoms with E-state index in [1.807, 2.05) is 11.8 Å². The smallest absolute Gasteiger partial charge is 0.220 e. The van der Waals surface area contributed by atoms with E-state index in [0.717, 1.165) is 25.9 Å². The van der Waals surface area contributed by atoms with Gasteiger partial charge in [-0.15, -0.1) is 0 Å². The van der Waals surface area contributed by atoms with Crippen LogP contribution in [-0.4, -0.2) is 37.6 Å². The molecule has 1 aliphatic heterocycles. The van der Waals surface area contributed by atoms with Gasteiger partial charge >= 0.3 is 0 Å². The Morgan fingerprint density at radius 1 is 1.50 bits per heavy atom. The van der Waals surface area contributed by atoms with Gasteiger partial charge in [-0.25, -0.2) is 0 Å². The maximum absolute atomic E-state index is 10.9. The normalized spacial score (nSPS) is 27.5. The highest BCUT2D eigenvalue weighted by Crippen LogP contribution is 2.07. The number of quaternary nitrogens is 1. The lowest BCUT2D eigenvalue weighted by Gasteiger charge is -2.27. The zero-order valence-electron chi connectivity index (χ0n) is 8.92. The minimum absolute atomic E-state index is 0.104. The molecule has 1 fully saturated rings. The number of hydrogen-bond acceptors (Lipinski definition) is 2. The number of carbonyl (C=O) groups is 1. The molecule has 82 valence electrons. The van der Waals surface area contributed by atoms with Crippen LogP contribution in [0.25, 0.3) is 0 Å². The molecule has 0 atom stereocenters. The predicted octanol–water partition coefficient (Wildman–Crippen LogP) is -0.480. The van der Waals surface area contributed by atoms with Gasteiger partial charge in [0.1, 0.15) is 0 Å². The van der Waals surface area contributed by atoms with E-state index in [1.54, 1.807) is 4.90 Å². The summed E-state index contributed by atoms with van der Waals surface area (Å²) < 4.78 is 0. The Bertz CT molecular complexity index is 179. The van der Waals surface area contributed by atoms with Gasteiger partial charge in [0, 0.05) is 25.2 Å². The highest BCUT2D eigenvalue weighted by Gasteiger charge is 2.24. The lowest BCUT2D eigenvalue weighted by Crippen LogP contribution is -3.13. The molecule has 1 amide bonds. The van der Waals surface area contributed by atoms with Crippen molar-refractivity contribution in [3.63, 3.8) is 0 Å². The fourth-order valence-corrected chi connectivity index (χ4v) is 2.46. The van der Waals surface area contributed by atoms with Crippen molar-refractivity contribution in [3.05, 3.63) is 0 Å². The summed E-state index contributed by atoms with van der Waals surface area (Å²) in [5, 5.41) is 0. The van der Waals surface area contributed by atoms with Gasteiger partial charge in [0.2, 0.25) is 5.91 Å². The number of thioether (sulfide) groups is 1. The van der Waals surface area contributed by atoms with Crippen molar-refractivity contribution in [1.29, 1.82) is 0 Å². The molecule has 0 aromatic rings. The van der Waals surface area contributed by atoms with Crippen LogP contribution < -0.4 is 10.6 Å². The van der Waals surface area contributed by atoms with E-state index in [-0.39, 0.29) is 11.8 Å². The highest BCUT2D eigenvalue weighted by atomic mass is 32.2. The number of primary amides is 1. The second-order valence-electron chi connectivity index (χ2n) is 4.02. The predicted molar refractivity (Wildman–Crippen MR) is 60.5 cm³/mol. The molecule has 0 aliphatic carbocycles. The summed E-state index contributed by atoms with van der Waals surface area (Å²) in [6.07, 6.45) is 5.42. The number of nitrogens with one attached hydrogen (secondary N) is 1. The van der Waals surface area contributed by atoms with Crippen LogP contribution in [0.3, 0.4) is 0 Å². The van der Waals surface area contributed by atoms with E-state index < -0.39 is 0 Å². The van der Waals surface area contributed by atoms with E-state index in [4.69, 9.17) is 5.73 Å². The molecule has 0 unspecified atom stereocenters. The average molecular weight is 217 g/mol. The Balaban J connectivity index is 2.12. The molecule has 1 rings (SSSR count). The molecule has 0 aromatic carbocycles. The van der Waals surface area contributed by atoms with Crippen LogP contribution in [0.1, 0.15) is 19.3 Å². The Morgan fingerprint density at radius 2 is 2.14 bits per heavy atom. The van der Waals surface area contributed by atoms with Gasteiger partial charge in [0.05, 0.1) is 19.6 Å². The number of carbonyl (C=O) groups excluding carboxylic acids is 1. The molecule has 0 bridgehead atoms. The molecule has 0 aromatic heterocycles. The number of nitrogens with two attached hydrogens (primary N) is 1. The zero-order chi connectivity index (χ0) is 10.4. The Morgan fingerprint density at radius 3 is 2.64 bits per heavy atom. The largest absolute Gasteiger partial charge is 0.369 e. The van der Waals surface area contributed by atoms with Crippen LogP contribution in [0.4, 0.5) is 0 Å². The van der Waals surface area contributed by atoms with Crippen LogP contribution in [0.15, 0.2) is 0 Å². The van der Waals surface area contributed by atoms with E-state index in [9.17, 15) is 4.79 Å². The maximum atomic E-state index is 10.9. The number of likely N-dealkylation sites (tertiary alicyclic amines) is 1. The molecule has 1 heterocycles. The van der Waals surface area contributed by atoms with Crippen LogP contribution in [0.2, 0.25) is 0 Å². The third-order valence-electron chi connectivity index (χ3n) is 2.97. The summed E-state index contributed by atoms with van der Waals surface area (Å²) in [6, 6.07) is 0. The number of piperidine rings is 1. The molecule has 3 nitrogen and oxygen atoms in total. The minimum atomic E-state index is -0.104. The summed E-state index contributed by atoms with van der Waals surface area (Å²) in [6.45, 7) is 3.51. The van der Waals surface area contributed by atoms with Gasteiger partial charge in [-0.2, -0.15) is 11.8 Å². The topological polar surface area (TPSA) is 47.5 Å².